The highest BCUT2D eigenvalue weighted by Gasteiger charge is 2.35. The smallest absolute Gasteiger partial charge is 0.264 e. The normalized spacial score (nSPS) is 12.1. The molecule has 0 spiro atoms. The number of amides is 2. The molecule has 0 radical (unpaired) electrons. The molecule has 0 saturated carbocycles. The summed E-state index contributed by atoms with van der Waals surface area (Å²) in [5.41, 5.74) is 1.55. The predicted octanol–water partition coefficient (Wildman–Crippen LogP) is 7.91. The van der Waals surface area contributed by atoms with E-state index < -0.39 is 28.5 Å². The van der Waals surface area contributed by atoms with Gasteiger partial charge < -0.3 is 10.2 Å². The van der Waals surface area contributed by atoms with Crippen LogP contribution in [0.25, 0.3) is 0 Å². The summed E-state index contributed by atoms with van der Waals surface area (Å²) < 4.78 is 29.1. The Hall–Kier alpha value is -3.27. The highest BCUT2D eigenvalue weighted by molar-refractivity contribution is 7.92. The first kappa shape index (κ1) is 35.6. The molecule has 0 bridgehead atoms. The van der Waals surface area contributed by atoms with Crippen molar-refractivity contribution in [1.29, 1.82) is 0 Å². The Kier molecular flexibility index (Phi) is 12.4. The van der Waals surface area contributed by atoms with Gasteiger partial charge in [0.15, 0.2) is 0 Å². The van der Waals surface area contributed by atoms with Crippen molar-refractivity contribution in [1.82, 2.24) is 10.2 Å². The van der Waals surface area contributed by atoms with Gasteiger partial charge in [0.1, 0.15) is 12.6 Å². The first-order valence-corrected chi connectivity index (χ1v) is 17.4. The van der Waals surface area contributed by atoms with Gasteiger partial charge in [0, 0.05) is 19.5 Å². The van der Waals surface area contributed by atoms with E-state index in [4.69, 9.17) is 46.4 Å². The summed E-state index contributed by atoms with van der Waals surface area (Å²) in [5.74, 6) is -0.850. The fourth-order valence-electron chi connectivity index (χ4n) is 4.70. The zero-order valence-corrected chi connectivity index (χ0v) is 29.0. The van der Waals surface area contributed by atoms with Gasteiger partial charge in [0.2, 0.25) is 11.8 Å². The maximum Gasteiger partial charge on any atom is 0.264 e. The summed E-state index contributed by atoms with van der Waals surface area (Å²) in [6, 6.07) is 25.3. The van der Waals surface area contributed by atoms with Crippen molar-refractivity contribution in [2.75, 3.05) is 17.4 Å². The fraction of sp³-hybridized carbons (Fsp3) is 0.235. The Morgan fingerprint density at radius 3 is 1.91 bits per heavy atom. The lowest BCUT2D eigenvalue weighted by atomic mass is 10.0. The van der Waals surface area contributed by atoms with Crippen LogP contribution in [0.3, 0.4) is 0 Å². The van der Waals surface area contributed by atoms with E-state index in [0.717, 1.165) is 9.87 Å². The van der Waals surface area contributed by atoms with Crippen LogP contribution >= 0.6 is 46.4 Å². The van der Waals surface area contributed by atoms with Gasteiger partial charge in [-0.2, -0.15) is 0 Å². The van der Waals surface area contributed by atoms with Crippen LogP contribution in [0.4, 0.5) is 5.69 Å². The van der Waals surface area contributed by atoms with E-state index >= 15 is 0 Å². The molecule has 1 N–H and O–H groups in total. The van der Waals surface area contributed by atoms with E-state index in [2.05, 4.69) is 5.32 Å². The van der Waals surface area contributed by atoms with Gasteiger partial charge in [-0.3, -0.25) is 13.9 Å². The Morgan fingerprint density at radius 2 is 1.33 bits per heavy atom. The van der Waals surface area contributed by atoms with Crippen molar-refractivity contribution < 1.29 is 18.0 Å². The third-order valence-electron chi connectivity index (χ3n) is 7.09. The lowest BCUT2D eigenvalue weighted by Gasteiger charge is -2.34. The molecule has 0 aliphatic heterocycles. The molecule has 2 amide bonds. The number of rotatable bonds is 13. The van der Waals surface area contributed by atoms with E-state index in [1.165, 1.54) is 35.2 Å². The van der Waals surface area contributed by atoms with E-state index in [1.807, 2.05) is 44.2 Å². The van der Waals surface area contributed by atoms with Crippen LogP contribution in [0.15, 0.2) is 102 Å². The maximum atomic E-state index is 14.5. The Morgan fingerprint density at radius 1 is 0.739 bits per heavy atom. The number of carbonyl (C=O) groups is 2. The van der Waals surface area contributed by atoms with Gasteiger partial charge >= 0.3 is 0 Å². The van der Waals surface area contributed by atoms with E-state index in [9.17, 15) is 18.0 Å². The summed E-state index contributed by atoms with van der Waals surface area (Å²) >= 11 is 25.0. The molecular weight excluding hydrogens is 688 g/mol. The number of benzene rings is 4. The predicted molar refractivity (Wildman–Crippen MR) is 186 cm³/mol. The SMILES string of the molecule is CC(C)CNC(=O)[C@H](Cc1ccccc1)N(Cc1ccc(Cl)c(Cl)c1)C(=O)CN(c1ccc(Cl)c(Cl)c1)S(=O)(=O)c1ccccc1. The number of hydrogen-bond acceptors (Lipinski definition) is 4. The fourth-order valence-corrected chi connectivity index (χ4v) is 6.74. The van der Waals surface area contributed by atoms with Crippen molar-refractivity contribution in [3.05, 3.63) is 128 Å². The number of anilines is 1. The van der Waals surface area contributed by atoms with Crippen molar-refractivity contribution >= 4 is 73.9 Å². The van der Waals surface area contributed by atoms with Gasteiger partial charge in [-0.25, -0.2) is 8.42 Å². The maximum absolute atomic E-state index is 14.5. The lowest BCUT2D eigenvalue weighted by molar-refractivity contribution is -0.140. The Labute approximate surface area is 290 Å². The molecule has 4 aromatic carbocycles. The van der Waals surface area contributed by atoms with Crippen molar-refractivity contribution in [2.24, 2.45) is 5.92 Å². The van der Waals surface area contributed by atoms with Crippen LogP contribution in [0.5, 0.6) is 0 Å². The largest absolute Gasteiger partial charge is 0.354 e. The molecule has 0 unspecified atom stereocenters. The summed E-state index contributed by atoms with van der Waals surface area (Å²) in [5, 5.41) is 3.90. The summed E-state index contributed by atoms with van der Waals surface area (Å²) in [4.78, 5) is 29.7. The summed E-state index contributed by atoms with van der Waals surface area (Å²) in [7, 11) is -4.28. The molecule has 12 heteroatoms. The minimum absolute atomic E-state index is 0.0274. The Balaban J connectivity index is 1.82. The first-order valence-electron chi connectivity index (χ1n) is 14.4. The molecule has 1 atom stereocenters. The molecule has 0 saturated heterocycles. The number of sulfonamides is 1. The van der Waals surface area contributed by atoms with Crippen molar-refractivity contribution in [2.45, 2.75) is 37.8 Å². The van der Waals surface area contributed by atoms with Gasteiger partial charge in [0.05, 0.1) is 30.7 Å². The van der Waals surface area contributed by atoms with E-state index in [1.54, 1.807) is 36.4 Å². The van der Waals surface area contributed by atoms with Gasteiger partial charge in [0.25, 0.3) is 10.0 Å². The van der Waals surface area contributed by atoms with Crippen LogP contribution in [0.1, 0.15) is 25.0 Å². The molecule has 0 fully saturated rings. The third kappa shape index (κ3) is 9.17. The van der Waals surface area contributed by atoms with Crippen molar-refractivity contribution in [3.63, 3.8) is 0 Å². The topological polar surface area (TPSA) is 86.8 Å². The number of nitrogens with one attached hydrogen (secondary N) is 1. The molecule has 4 aromatic rings. The molecule has 7 nitrogen and oxygen atoms in total. The first-order chi connectivity index (χ1) is 21.9. The molecule has 0 aliphatic rings. The van der Waals surface area contributed by atoms with E-state index in [-0.39, 0.29) is 50.4 Å². The zero-order valence-electron chi connectivity index (χ0n) is 25.2. The highest BCUT2D eigenvalue weighted by atomic mass is 35.5. The van der Waals surface area contributed by atoms with Crippen LogP contribution in [-0.2, 0) is 32.6 Å². The molecule has 242 valence electrons. The van der Waals surface area contributed by atoms with Crippen LogP contribution < -0.4 is 9.62 Å². The monoisotopic (exact) mass is 719 g/mol. The van der Waals surface area contributed by atoms with Crippen molar-refractivity contribution in [3.8, 4) is 0 Å². The second kappa shape index (κ2) is 16.0. The minimum atomic E-state index is -4.28. The van der Waals surface area contributed by atoms with Gasteiger partial charge in [-0.15, -0.1) is 0 Å². The van der Waals surface area contributed by atoms with Gasteiger partial charge in [-0.05, 0) is 59.5 Å². The quantitative estimate of drug-likeness (QED) is 0.152. The average Bonchev–Trinajstić information content (AvgIpc) is 3.04. The second-order valence-corrected chi connectivity index (χ2v) is 14.5. The lowest BCUT2D eigenvalue weighted by Crippen LogP contribution is -2.53. The molecule has 0 aromatic heterocycles. The number of hydrogen-bond donors (Lipinski definition) is 1. The van der Waals surface area contributed by atoms with Gasteiger partial charge in [-0.1, -0.05) is 115 Å². The molecular formula is C34H33Cl4N3O4S. The molecule has 4 rings (SSSR count). The Bertz CT molecular complexity index is 1770. The average molecular weight is 722 g/mol. The number of halogens is 4. The molecule has 0 heterocycles. The number of nitrogens with zero attached hydrogens (tertiary/aromatic N) is 2. The number of carbonyl (C=O) groups excluding carboxylic acids is 2. The highest BCUT2D eigenvalue weighted by Crippen LogP contribution is 2.31. The van der Waals surface area contributed by atoms with Crippen LogP contribution in [0, 0.1) is 5.92 Å². The standard InChI is InChI=1S/C34H33Cl4N3O4S/c1-23(2)20-39-34(43)32(18-24-9-5-3-6-10-24)40(21-25-13-15-28(35)30(37)17-25)33(42)22-41(26-14-16-29(36)31(38)19-26)46(44,45)27-11-7-4-8-12-27/h3-17,19,23,32H,18,20-22H2,1-2H3,(H,39,43)/t32-/m0/s1. The zero-order chi connectivity index (χ0) is 33.4. The van der Waals surface area contributed by atoms with Crippen LogP contribution in [-0.4, -0.2) is 44.3 Å². The van der Waals surface area contributed by atoms with E-state index in [0.29, 0.717) is 17.1 Å². The van der Waals surface area contributed by atoms with Crippen LogP contribution in [0.2, 0.25) is 20.1 Å². The minimum Gasteiger partial charge on any atom is -0.354 e. The summed E-state index contributed by atoms with van der Waals surface area (Å²) in [6.07, 6.45) is 0.177. The third-order valence-corrected chi connectivity index (χ3v) is 10.4. The second-order valence-electron chi connectivity index (χ2n) is 11.0. The summed E-state index contributed by atoms with van der Waals surface area (Å²) in [6.45, 7) is 3.63. The molecule has 46 heavy (non-hydrogen) atoms. The molecule has 0 aliphatic carbocycles.